The number of para-hydroxylation sites is 2. The first-order valence-electron chi connectivity index (χ1n) is 10.0. The molecule has 29 heavy (non-hydrogen) atoms. The maximum Gasteiger partial charge on any atom is 0.244 e. The summed E-state index contributed by atoms with van der Waals surface area (Å²) in [5, 5.41) is 12.6. The van der Waals surface area contributed by atoms with Crippen LogP contribution >= 0.6 is 11.8 Å². The zero-order valence-corrected chi connectivity index (χ0v) is 17.3. The number of nitrogens with zero attached hydrogens (tertiary/aromatic N) is 4. The van der Waals surface area contributed by atoms with Gasteiger partial charge in [0, 0.05) is 31.2 Å². The van der Waals surface area contributed by atoms with Gasteiger partial charge in [0.1, 0.15) is 11.3 Å². The summed E-state index contributed by atoms with van der Waals surface area (Å²) in [7, 11) is 0. The van der Waals surface area contributed by atoms with Gasteiger partial charge in [-0.05, 0) is 37.7 Å². The average Bonchev–Trinajstić information content (AvgIpc) is 3.48. The summed E-state index contributed by atoms with van der Waals surface area (Å²) in [5.41, 5.74) is 1.49. The number of amides is 1. The molecule has 0 bridgehead atoms. The molecule has 1 amide bonds. The minimum atomic E-state index is -0.158. The van der Waals surface area contributed by atoms with Gasteiger partial charge in [-0.15, -0.1) is 10.2 Å². The van der Waals surface area contributed by atoms with E-state index < -0.39 is 0 Å². The first-order chi connectivity index (χ1) is 14.2. The second-order valence-corrected chi connectivity index (χ2v) is 7.93. The zero-order chi connectivity index (χ0) is 20.1. The summed E-state index contributed by atoms with van der Waals surface area (Å²) in [6.45, 7) is 0.586. The number of carbonyl (C=O) groups is 1. The Morgan fingerprint density at radius 2 is 2.14 bits per heavy atom. The monoisotopic (exact) mass is 411 g/mol. The number of carbonyl (C=O) groups excluding carboxylic acids is 1. The molecule has 3 aromatic rings. The first-order valence-corrected chi connectivity index (χ1v) is 11.3. The van der Waals surface area contributed by atoms with Crippen molar-refractivity contribution in [1.82, 2.24) is 25.1 Å². The number of thioether (sulfide) groups is 1. The molecule has 1 aliphatic rings. The fraction of sp³-hybridized carbons (Fsp3) is 0.429. The van der Waals surface area contributed by atoms with Gasteiger partial charge < -0.3 is 14.3 Å². The lowest BCUT2D eigenvalue weighted by atomic mass is 10.2. The van der Waals surface area contributed by atoms with Gasteiger partial charge in [0.25, 0.3) is 0 Å². The number of rotatable bonds is 8. The van der Waals surface area contributed by atoms with Gasteiger partial charge in [-0.1, -0.05) is 36.7 Å². The standard InChI is InChI=1S/C21H25N5O2S/c1-29-21-25-24-18(26(21)15-7-2-3-8-15)11-6-14-22-19(27)12-13-20-23-16-9-4-5-10-17(16)28-20/h4-5,9-10,12-13,15H,2-3,6-8,11,14H2,1H3,(H,22,27)/b13-12+. The number of hydrogen-bond acceptors (Lipinski definition) is 6. The molecule has 1 fully saturated rings. The zero-order valence-electron chi connectivity index (χ0n) is 16.5. The number of oxazole rings is 1. The van der Waals surface area contributed by atoms with E-state index in [1.165, 1.54) is 31.8 Å². The second kappa shape index (κ2) is 9.26. The molecule has 0 aliphatic heterocycles. The highest BCUT2D eigenvalue weighted by Gasteiger charge is 2.23. The maximum absolute atomic E-state index is 12.1. The van der Waals surface area contributed by atoms with Crippen LogP contribution in [0.2, 0.25) is 0 Å². The molecule has 1 N–H and O–H groups in total. The predicted octanol–water partition coefficient (Wildman–Crippen LogP) is 4.02. The molecular weight excluding hydrogens is 386 g/mol. The minimum Gasteiger partial charge on any atom is -0.437 e. The molecule has 1 aliphatic carbocycles. The van der Waals surface area contributed by atoms with Crippen LogP contribution in [0.15, 0.2) is 39.9 Å². The van der Waals surface area contributed by atoms with Crippen LogP contribution in [0.25, 0.3) is 17.2 Å². The SMILES string of the molecule is CSc1nnc(CCCNC(=O)/C=C/c2nc3ccccc3o2)n1C1CCCC1. The highest BCUT2D eigenvalue weighted by Crippen LogP contribution is 2.33. The molecular formula is C21H25N5O2S. The molecule has 4 rings (SSSR count). The van der Waals surface area contributed by atoms with Crippen molar-refractivity contribution in [2.75, 3.05) is 12.8 Å². The van der Waals surface area contributed by atoms with Crippen molar-refractivity contribution in [2.24, 2.45) is 0 Å². The van der Waals surface area contributed by atoms with Crippen molar-refractivity contribution in [1.29, 1.82) is 0 Å². The number of aromatic nitrogens is 4. The largest absolute Gasteiger partial charge is 0.437 e. The van der Waals surface area contributed by atoms with Crippen LogP contribution < -0.4 is 5.32 Å². The number of aryl methyl sites for hydroxylation is 1. The average molecular weight is 412 g/mol. The predicted molar refractivity (Wildman–Crippen MR) is 114 cm³/mol. The van der Waals surface area contributed by atoms with Crippen molar-refractivity contribution in [2.45, 2.75) is 49.7 Å². The van der Waals surface area contributed by atoms with E-state index in [9.17, 15) is 4.79 Å². The van der Waals surface area contributed by atoms with Gasteiger partial charge in [-0.25, -0.2) is 4.98 Å². The van der Waals surface area contributed by atoms with E-state index in [0.29, 0.717) is 24.1 Å². The second-order valence-electron chi connectivity index (χ2n) is 7.16. The third kappa shape index (κ3) is 4.70. The Bertz CT molecular complexity index is 971. The maximum atomic E-state index is 12.1. The van der Waals surface area contributed by atoms with Gasteiger partial charge in [-0.2, -0.15) is 0 Å². The molecule has 2 aromatic heterocycles. The van der Waals surface area contributed by atoms with E-state index in [-0.39, 0.29) is 5.91 Å². The number of benzene rings is 1. The van der Waals surface area contributed by atoms with Crippen LogP contribution in [0.3, 0.4) is 0 Å². The van der Waals surface area contributed by atoms with E-state index in [4.69, 9.17) is 4.42 Å². The molecule has 2 heterocycles. The van der Waals surface area contributed by atoms with Gasteiger partial charge in [-0.3, -0.25) is 4.79 Å². The van der Waals surface area contributed by atoms with E-state index in [1.807, 2.05) is 30.5 Å². The third-order valence-corrected chi connectivity index (χ3v) is 5.82. The van der Waals surface area contributed by atoms with Crippen molar-refractivity contribution < 1.29 is 9.21 Å². The topological polar surface area (TPSA) is 85.8 Å². The van der Waals surface area contributed by atoms with Crippen molar-refractivity contribution in [3.8, 4) is 0 Å². The van der Waals surface area contributed by atoms with Crippen molar-refractivity contribution in [3.63, 3.8) is 0 Å². The Morgan fingerprint density at radius 3 is 2.93 bits per heavy atom. The Hall–Kier alpha value is -2.61. The van der Waals surface area contributed by atoms with Gasteiger partial charge in [0.2, 0.25) is 11.8 Å². The molecule has 7 nitrogen and oxygen atoms in total. The van der Waals surface area contributed by atoms with E-state index in [0.717, 1.165) is 29.3 Å². The van der Waals surface area contributed by atoms with Crippen LogP contribution in [0, 0.1) is 0 Å². The number of fused-ring (bicyclic) bond motifs is 1. The number of nitrogens with one attached hydrogen (secondary N) is 1. The van der Waals surface area contributed by atoms with E-state index in [1.54, 1.807) is 17.8 Å². The quantitative estimate of drug-likeness (QED) is 0.342. The molecule has 0 saturated heterocycles. The fourth-order valence-electron chi connectivity index (χ4n) is 3.77. The molecule has 0 unspecified atom stereocenters. The summed E-state index contributed by atoms with van der Waals surface area (Å²) < 4.78 is 7.89. The summed E-state index contributed by atoms with van der Waals surface area (Å²) in [6.07, 6.45) is 11.7. The fourth-order valence-corrected chi connectivity index (χ4v) is 4.35. The van der Waals surface area contributed by atoms with Crippen LogP contribution in [0.4, 0.5) is 0 Å². The van der Waals surface area contributed by atoms with Crippen LogP contribution in [0.1, 0.15) is 49.9 Å². The molecule has 8 heteroatoms. The lowest BCUT2D eigenvalue weighted by Crippen LogP contribution is -2.23. The highest BCUT2D eigenvalue weighted by molar-refractivity contribution is 7.98. The summed E-state index contributed by atoms with van der Waals surface area (Å²) in [6, 6.07) is 8.05. The Kier molecular flexibility index (Phi) is 6.29. The van der Waals surface area contributed by atoms with Gasteiger partial charge in [0.05, 0.1) is 0 Å². The Morgan fingerprint density at radius 1 is 1.31 bits per heavy atom. The summed E-state index contributed by atoms with van der Waals surface area (Å²) in [5.74, 6) is 1.29. The van der Waals surface area contributed by atoms with Crippen LogP contribution in [0.5, 0.6) is 0 Å². The first kappa shape index (κ1) is 19.7. The smallest absolute Gasteiger partial charge is 0.244 e. The molecule has 1 saturated carbocycles. The van der Waals surface area contributed by atoms with Crippen molar-refractivity contribution >= 4 is 34.8 Å². The lowest BCUT2D eigenvalue weighted by Gasteiger charge is -2.16. The van der Waals surface area contributed by atoms with Crippen molar-refractivity contribution in [3.05, 3.63) is 42.1 Å². The van der Waals surface area contributed by atoms with Crippen LogP contribution in [-0.2, 0) is 11.2 Å². The molecule has 1 aromatic carbocycles. The Balaban J connectivity index is 1.27. The van der Waals surface area contributed by atoms with E-state index >= 15 is 0 Å². The van der Waals surface area contributed by atoms with E-state index in [2.05, 4.69) is 25.1 Å². The highest BCUT2D eigenvalue weighted by atomic mass is 32.2. The molecule has 152 valence electrons. The molecule has 0 atom stereocenters. The molecule has 0 spiro atoms. The van der Waals surface area contributed by atoms with Crippen LogP contribution in [-0.4, -0.2) is 38.5 Å². The summed E-state index contributed by atoms with van der Waals surface area (Å²) >= 11 is 1.65. The Labute approximate surface area is 174 Å². The molecule has 0 radical (unpaired) electrons. The number of hydrogen-bond donors (Lipinski definition) is 1. The third-order valence-electron chi connectivity index (χ3n) is 5.17. The van der Waals surface area contributed by atoms with Gasteiger partial charge in [0.15, 0.2) is 10.7 Å². The normalized spacial score (nSPS) is 14.9. The van der Waals surface area contributed by atoms with Gasteiger partial charge >= 0.3 is 0 Å². The lowest BCUT2D eigenvalue weighted by molar-refractivity contribution is -0.116. The summed E-state index contributed by atoms with van der Waals surface area (Å²) in [4.78, 5) is 16.4. The minimum absolute atomic E-state index is 0.158.